The normalized spacial score (nSPS) is 18.3. The second-order valence-corrected chi connectivity index (χ2v) is 11.0. The molecule has 2 aliphatic heterocycles. The van der Waals surface area contributed by atoms with Crippen LogP contribution in [0.15, 0.2) is 52.7 Å². The van der Waals surface area contributed by atoms with Gasteiger partial charge in [0.05, 0.1) is 10.6 Å². The third kappa shape index (κ3) is 4.46. The number of aromatic nitrogens is 1. The fourth-order valence-corrected chi connectivity index (χ4v) is 6.29. The quantitative estimate of drug-likeness (QED) is 0.581. The summed E-state index contributed by atoms with van der Waals surface area (Å²) in [6.07, 6.45) is 1.90. The molecule has 172 valence electrons. The van der Waals surface area contributed by atoms with E-state index in [1.54, 1.807) is 0 Å². The average molecular weight is 486 g/mol. The number of nitrogens with one attached hydrogen (secondary N) is 1. The van der Waals surface area contributed by atoms with Crippen LogP contribution in [-0.4, -0.2) is 43.5 Å². The number of ether oxygens (including phenoxy) is 2. The smallest absolute Gasteiger partial charge is 0.257 e. The minimum absolute atomic E-state index is 0.201. The van der Waals surface area contributed by atoms with E-state index in [0.717, 1.165) is 18.4 Å². The summed E-state index contributed by atoms with van der Waals surface area (Å²) in [6.45, 7) is 3.32. The number of piperidine rings is 1. The molecule has 1 atom stereocenters. The van der Waals surface area contributed by atoms with Crippen molar-refractivity contribution in [1.82, 2.24) is 9.29 Å². The number of rotatable bonds is 5. The topological polar surface area (TPSA) is 97.8 Å². The number of amides is 1. The van der Waals surface area contributed by atoms with Gasteiger partial charge >= 0.3 is 0 Å². The van der Waals surface area contributed by atoms with Gasteiger partial charge in [0.25, 0.3) is 5.91 Å². The zero-order valence-corrected chi connectivity index (χ0v) is 19.6. The molecule has 5 rings (SSSR count). The maximum absolute atomic E-state index is 12.9. The number of anilines is 1. The minimum atomic E-state index is -3.56. The van der Waals surface area contributed by atoms with Gasteiger partial charge in [0, 0.05) is 29.6 Å². The predicted molar refractivity (Wildman–Crippen MR) is 125 cm³/mol. The van der Waals surface area contributed by atoms with E-state index < -0.39 is 10.0 Å². The predicted octanol–water partition coefficient (Wildman–Crippen LogP) is 4.21. The lowest BCUT2D eigenvalue weighted by Crippen LogP contribution is -2.39. The zero-order chi connectivity index (χ0) is 23.0. The molecule has 2 aromatic carbocycles. The lowest BCUT2D eigenvalue weighted by molar-refractivity contribution is 0.102. The van der Waals surface area contributed by atoms with Gasteiger partial charge in [-0.05, 0) is 61.2 Å². The molecule has 2 aliphatic rings. The van der Waals surface area contributed by atoms with E-state index in [1.807, 2.05) is 23.6 Å². The molecule has 0 radical (unpaired) electrons. The Hall–Kier alpha value is -2.95. The number of fused-ring (bicyclic) bond motifs is 1. The van der Waals surface area contributed by atoms with E-state index in [1.165, 1.54) is 39.9 Å². The number of carbonyl (C=O) groups is 1. The third-order valence-electron chi connectivity index (χ3n) is 5.77. The Balaban J connectivity index is 1.27. The van der Waals surface area contributed by atoms with Gasteiger partial charge in [-0.15, -0.1) is 11.3 Å². The standard InChI is InChI=1S/C23H23N3O5S2/c1-15-3-2-10-26(12-15)33(28,29)18-7-4-16(5-8-18)22(27)25-23-24-19(13-32-23)17-6-9-20-21(11-17)31-14-30-20/h4-9,11,13,15H,2-3,10,12,14H2,1H3,(H,24,25,27). The minimum Gasteiger partial charge on any atom is -0.454 e. The summed E-state index contributed by atoms with van der Waals surface area (Å²) in [4.78, 5) is 17.4. The van der Waals surface area contributed by atoms with Crippen molar-refractivity contribution in [2.24, 2.45) is 5.92 Å². The fraction of sp³-hybridized carbons (Fsp3) is 0.304. The summed E-state index contributed by atoms with van der Waals surface area (Å²) in [6, 6.07) is 11.6. The van der Waals surface area contributed by atoms with E-state index in [0.29, 0.717) is 46.9 Å². The summed E-state index contributed by atoms with van der Waals surface area (Å²) >= 11 is 1.31. The molecule has 1 amide bonds. The van der Waals surface area contributed by atoms with Crippen molar-refractivity contribution in [3.8, 4) is 22.8 Å². The molecule has 8 nitrogen and oxygen atoms in total. The second kappa shape index (κ2) is 8.77. The van der Waals surface area contributed by atoms with E-state index in [-0.39, 0.29) is 17.6 Å². The molecule has 10 heteroatoms. The fourth-order valence-electron chi connectivity index (χ4n) is 3.98. The van der Waals surface area contributed by atoms with E-state index >= 15 is 0 Å². The number of nitrogens with zero attached hydrogens (tertiary/aromatic N) is 2. The highest BCUT2D eigenvalue weighted by Gasteiger charge is 2.28. The third-order valence-corrected chi connectivity index (χ3v) is 8.40. The highest BCUT2D eigenvalue weighted by Crippen LogP contribution is 2.36. The van der Waals surface area contributed by atoms with Crippen LogP contribution in [0.4, 0.5) is 5.13 Å². The molecule has 33 heavy (non-hydrogen) atoms. The molecule has 0 bridgehead atoms. The molecule has 1 fully saturated rings. The molecule has 3 aromatic rings. The summed E-state index contributed by atoms with van der Waals surface area (Å²) < 4.78 is 38.1. The number of thiazole rings is 1. The molecule has 3 heterocycles. The number of hydrogen-bond donors (Lipinski definition) is 1. The van der Waals surface area contributed by atoms with Gasteiger partial charge in [-0.25, -0.2) is 13.4 Å². The molecule has 1 unspecified atom stereocenters. The number of carbonyl (C=O) groups excluding carboxylic acids is 1. The molecular formula is C23H23N3O5S2. The monoisotopic (exact) mass is 485 g/mol. The van der Waals surface area contributed by atoms with Gasteiger partial charge in [0.1, 0.15) is 0 Å². The first-order valence-corrected chi connectivity index (χ1v) is 13.0. The van der Waals surface area contributed by atoms with Crippen molar-refractivity contribution in [2.75, 3.05) is 25.2 Å². The summed E-state index contributed by atoms with van der Waals surface area (Å²) in [5, 5.41) is 5.08. The van der Waals surface area contributed by atoms with Crippen molar-refractivity contribution in [2.45, 2.75) is 24.7 Å². The Morgan fingerprint density at radius 2 is 1.94 bits per heavy atom. The highest BCUT2D eigenvalue weighted by atomic mass is 32.2. The SMILES string of the molecule is CC1CCCN(S(=O)(=O)c2ccc(C(=O)Nc3nc(-c4ccc5c(c4)OCO5)cs3)cc2)C1. The Labute approximate surface area is 196 Å². The van der Waals surface area contributed by atoms with Crippen LogP contribution in [0.2, 0.25) is 0 Å². The Bertz CT molecular complexity index is 1290. The van der Waals surface area contributed by atoms with Crippen LogP contribution in [-0.2, 0) is 10.0 Å². The van der Waals surface area contributed by atoms with Gasteiger partial charge in [0.2, 0.25) is 16.8 Å². The van der Waals surface area contributed by atoms with Gasteiger partial charge < -0.3 is 9.47 Å². The number of benzene rings is 2. The molecule has 1 saturated heterocycles. The van der Waals surface area contributed by atoms with Crippen LogP contribution >= 0.6 is 11.3 Å². The lowest BCUT2D eigenvalue weighted by Gasteiger charge is -2.30. The summed E-state index contributed by atoms with van der Waals surface area (Å²) in [5.74, 6) is 1.36. The largest absolute Gasteiger partial charge is 0.454 e. The van der Waals surface area contributed by atoms with Gasteiger partial charge in [-0.1, -0.05) is 6.92 Å². The summed E-state index contributed by atoms with van der Waals surface area (Å²) in [7, 11) is -3.56. The van der Waals surface area contributed by atoms with Crippen LogP contribution in [0, 0.1) is 5.92 Å². The molecule has 0 spiro atoms. The first-order valence-electron chi connectivity index (χ1n) is 10.7. The molecule has 0 aliphatic carbocycles. The van der Waals surface area contributed by atoms with Crippen LogP contribution in [0.25, 0.3) is 11.3 Å². The molecule has 0 saturated carbocycles. The number of hydrogen-bond acceptors (Lipinski definition) is 7. The maximum Gasteiger partial charge on any atom is 0.257 e. The van der Waals surface area contributed by atoms with Crippen molar-refractivity contribution < 1.29 is 22.7 Å². The van der Waals surface area contributed by atoms with E-state index in [9.17, 15) is 13.2 Å². The van der Waals surface area contributed by atoms with E-state index in [4.69, 9.17) is 9.47 Å². The Morgan fingerprint density at radius 3 is 2.73 bits per heavy atom. The lowest BCUT2D eigenvalue weighted by atomic mass is 10.0. The first-order chi connectivity index (χ1) is 15.9. The van der Waals surface area contributed by atoms with Gasteiger partial charge in [-0.3, -0.25) is 10.1 Å². The molecule has 1 N–H and O–H groups in total. The van der Waals surface area contributed by atoms with Crippen molar-refractivity contribution in [3.05, 3.63) is 53.4 Å². The Morgan fingerprint density at radius 1 is 1.15 bits per heavy atom. The first kappa shape index (κ1) is 21.9. The van der Waals surface area contributed by atoms with Crippen molar-refractivity contribution >= 4 is 32.4 Å². The second-order valence-electron chi connectivity index (χ2n) is 8.19. The number of sulfonamides is 1. The van der Waals surface area contributed by atoms with Crippen molar-refractivity contribution in [3.63, 3.8) is 0 Å². The zero-order valence-electron chi connectivity index (χ0n) is 18.0. The maximum atomic E-state index is 12.9. The summed E-state index contributed by atoms with van der Waals surface area (Å²) in [5.41, 5.74) is 1.93. The van der Waals surface area contributed by atoms with Crippen molar-refractivity contribution in [1.29, 1.82) is 0 Å². The van der Waals surface area contributed by atoms with Crippen LogP contribution in [0.1, 0.15) is 30.1 Å². The van der Waals surface area contributed by atoms with Gasteiger partial charge in [-0.2, -0.15) is 4.31 Å². The van der Waals surface area contributed by atoms with E-state index in [2.05, 4.69) is 17.2 Å². The molecule has 1 aromatic heterocycles. The average Bonchev–Trinajstić information content (AvgIpc) is 3.48. The molecular weight excluding hydrogens is 462 g/mol. The Kier molecular flexibility index (Phi) is 5.81. The van der Waals surface area contributed by atoms with Gasteiger partial charge in [0.15, 0.2) is 16.6 Å². The van der Waals surface area contributed by atoms with Crippen LogP contribution < -0.4 is 14.8 Å². The highest BCUT2D eigenvalue weighted by molar-refractivity contribution is 7.89. The van der Waals surface area contributed by atoms with Crippen LogP contribution in [0.3, 0.4) is 0 Å². The van der Waals surface area contributed by atoms with Crippen LogP contribution in [0.5, 0.6) is 11.5 Å².